The Balaban J connectivity index is 1.14. The van der Waals surface area contributed by atoms with E-state index in [0.29, 0.717) is 19.6 Å². The number of oxazole rings is 1. The number of carbonyl (C=O) groups excluding carboxylic acids is 1. The van der Waals surface area contributed by atoms with Crippen LogP contribution in [-0.2, 0) is 17.8 Å². The molecule has 0 atom stereocenters. The molecule has 0 saturated carbocycles. The van der Waals surface area contributed by atoms with Crippen molar-refractivity contribution in [3.05, 3.63) is 65.5 Å². The zero-order chi connectivity index (χ0) is 21.8. The molecule has 0 aliphatic carbocycles. The van der Waals surface area contributed by atoms with Gasteiger partial charge in [-0.2, -0.15) is 0 Å². The number of para-hydroxylation sites is 2. The van der Waals surface area contributed by atoms with Gasteiger partial charge in [0, 0.05) is 45.2 Å². The van der Waals surface area contributed by atoms with Crippen molar-refractivity contribution in [1.82, 2.24) is 20.1 Å². The van der Waals surface area contributed by atoms with Crippen LogP contribution in [-0.4, -0.2) is 60.2 Å². The molecule has 7 heteroatoms. The smallest absolute Gasteiger partial charge is 0.317 e. The number of nitrogens with one attached hydrogen (secondary N) is 1. The number of benzene rings is 2. The van der Waals surface area contributed by atoms with Crippen molar-refractivity contribution < 1.29 is 13.9 Å². The van der Waals surface area contributed by atoms with Gasteiger partial charge in [-0.15, -0.1) is 0 Å². The van der Waals surface area contributed by atoms with Crippen molar-refractivity contribution in [1.29, 1.82) is 0 Å². The van der Waals surface area contributed by atoms with Gasteiger partial charge in [-0.25, -0.2) is 9.78 Å². The molecule has 168 valence electrons. The van der Waals surface area contributed by atoms with E-state index >= 15 is 0 Å². The summed E-state index contributed by atoms with van der Waals surface area (Å²) < 4.78 is 11.4. The van der Waals surface area contributed by atoms with Crippen LogP contribution in [0.3, 0.4) is 0 Å². The number of hydrogen-bond donors (Lipinski definition) is 1. The van der Waals surface area contributed by atoms with Crippen LogP contribution in [0.25, 0.3) is 11.1 Å². The van der Waals surface area contributed by atoms with Crippen LogP contribution in [0, 0.1) is 0 Å². The highest BCUT2D eigenvalue weighted by molar-refractivity contribution is 5.74. The monoisotopic (exact) mass is 434 g/mol. The minimum atomic E-state index is 0.00203. The highest BCUT2D eigenvalue weighted by atomic mass is 16.5. The number of nitrogens with zero attached hydrogens (tertiary/aromatic N) is 3. The van der Waals surface area contributed by atoms with Crippen LogP contribution in [0.15, 0.2) is 52.9 Å². The molecule has 2 aliphatic rings. The third-order valence-electron chi connectivity index (χ3n) is 6.49. The molecule has 2 amide bonds. The first-order chi connectivity index (χ1) is 15.8. The van der Waals surface area contributed by atoms with E-state index in [0.717, 1.165) is 62.7 Å². The maximum Gasteiger partial charge on any atom is 0.317 e. The molecule has 0 radical (unpaired) electrons. The number of aromatic nitrogens is 1. The van der Waals surface area contributed by atoms with Crippen LogP contribution in [0.2, 0.25) is 0 Å². The minimum absolute atomic E-state index is 0.00203. The van der Waals surface area contributed by atoms with Crippen molar-refractivity contribution in [2.45, 2.75) is 31.8 Å². The van der Waals surface area contributed by atoms with E-state index in [2.05, 4.69) is 33.4 Å². The molecular weight excluding hydrogens is 404 g/mol. The van der Waals surface area contributed by atoms with E-state index in [1.165, 1.54) is 11.1 Å². The van der Waals surface area contributed by atoms with Gasteiger partial charge in [0.15, 0.2) is 11.5 Å². The summed E-state index contributed by atoms with van der Waals surface area (Å²) in [6, 6.07) is 16.2. The highest BCUT2D eigenvalue weighted by Gasteiger charge is 2.27. The summed E-state index contributed by atoms with van der Waals surface area (Å²) in [5.41, 5.74) is 4.18. The van der Waals surface area contributed by atoms with Crippen LogP contribution in [0.1, 0.15) is 35.8 Å². The Kier molecular flexibility index (Phi) is 6.36. The molecule has 2 saturated heterocycles. The zero-order valence-electron chi connectivity index (χ0n) is 18.3. The topological polar surface area (TPSA) is 70.8 Å². The zero-order valence-corrected chi connectivity index (χ0v) is 18.3. The third kappa shape index (κ3) is 4.79. The number of fused-ring (bicyclic) bond motifs is 1. The number of amides is 2. The van der Waals surface area contributed by atoms with E-state index in [1.807, 2.05) is 35.2 Å². The quantitative estimate of drug-likeness (QED) is 0.662. The maximum absolute atomic E-state index is 12.8. The number of hydrogen-bond acceptors (Lipinski definition) is 5. The van der Waals surface area contributed by atoms with Gasteiger partial charge < -0.3 is 19.4 Å². The van der Waals surface area contributed by atoms with Gasteiger partial charge in [-0.05, 0) is 36.1 Å². The van der Waals surface area contributed by atoms with Crippen LogP contribution in [0.4, 0.5) is 4.79 Å². The SMILES string of the molecule is O=C(NCc1ccccc1CN1CCOCC1)N1CCC(c2nc3ccccc3o2)CC1. The van der Waals surface area contributed by atoms with Gasteiger partial charge >= 0.3 is 6.03 Å². The Morgan fingerprint density at radius 3 is 2.47 bits per heavy atom. The predicted octanol–water partition coefficient (Wildman–Crippen LogP) is 3.75. The first kappa shape index (κ1) is 21.0. The minimum Gasteiger partial charge on any atom is -0.440 e. The number of ether oxygens (including phenoxy) is 1. The molecule has 0 unspecified atom stereocenters. The molecule has 32 heavy (non-hydrogen) atoms. The Morgan fingerprint density at radius 2 is 1.69 bits per heavy atom. The standard InChI is InChI=1S/C25H30N4O3/c30-25(26-17-20-5-1-2-6-21(20)18-28-13-15-31-16-14-28)29-11-9-19(10-12-29)24-27-22-7-3-4-8-23(22)32-24/h1-8,19H,9-18H2,(H,26,30). The van der Waals surface area contributed by atoms with E-state index < -0.39 is 0 Å². The van der Waals surface area contributed by atoms with Gasteiger partial charge in [-0.1, -0.05) is 36.4 Å². The molecule has 2 fully saturated rings. The van der Waals surface area contributed by atoms with Crippen molar-refractivity contribution >= 4 is 17.1 Å². The van der Waals surface area contributed by atoms with Crippen molar-refractivity contribution in [3.8, 4) is 0 Å². The summed E-state index contributed by atoms with van der Waals surface area (Å²) in [5, 5.41) is 3.13. The molecule has 2 aromatic carbocycles. The fourth-order valence-electron chi connectivity index (χ4n) is 4.56. The molecule has 1 aromatic heterocycles. The molecule has 5 rings (SSSR count). The number of carbonyl (C=O) groups is 1. The summed E-state index contributed by atoms with van der Waals surface area (Å²) in [6.07, 6.45) is 1.74. The summed E-state index contributed by atoms with van der Waals surface area (Å²) in [4.78, 5) is 21.8. The van der Waals surface area contributed by atoms with Crippen LogP contribution in [0.5, 0.6) is 0 Å². The van der Waals surface area contributed by atoms with E-state index in [1.54, 1.807) is 0 Å². The second-order valence-corrected chi connectivity index (χ2v) is 8.60. The van der Waals surface area contributed by atoms with Gasteiger partial charge in [0.1, 0.15) is 5.52 Å². The number of rotatable bonds is 5. The number of morpholine rings is 1. The van der Waals surface area contributed by atoms with Crippen molar-refractivity contribution in [2.75, 3.05) is 39.4 Å². The lowest BCUT2D eigenvalue weighted by atomic mass is 9.97. The van der Waals surface area contributed by atoms with Gasteiger partial charge in [0.2, 0.25) is 0 Å². The average molecular weight is 435 g/mol. The molecular formula is C25H30N4O3. The van der Waals surface area contributed by atoms with E-state index in [-0.39, 0.29) is 11.9 Å². The summed E-state index contributed by atoms with van der Waals surface area (Å²) in [6.45, 7) is 6.35. The lowest BCUT2D eigenvalue weighted by molar-refractivity contribution is 0.0340. The molecule has 7 nitrogen and oxygen atoms in total. The summed E-state index contributed by atoms with van der Waals surface area (Å²) in [7, 11) is 0. The number of urea groups is 1. The molecule has 3 aromatic rings. The van der Waals surface area contributed by atoms with Crippen LogP contribution < -0.4 is 5.32 Å². The van der Waals surface area contributed by atoms with E-state index in [9.17, 15) is 4.79 Å². The van der Waals surface area contributed by atoms with E-state index in [4.69, 9.17) is 9.15 Å². The molecule has 1 N–H and O–H groups in total. The molecule has 3 heterocycles. The Labute approximate surface area is 188 Å². The fraction of sp³-hybridized carbons (Fsp3) is 0.440. The maximum atomic E-state index is 12.8. The van der Waals surface area contributed by atoms with Gasteiger partial charge in [-0.3, -0.25) is 4.90 Å². The third-order valence-corrected chi connectivity index (χ3v) is 6.49. The Bertz CT molecular complexity index is 1020. The Morgan fingerprint density at radius 1 is 0.969 bits per heavy atom. The lowest BCUT2D eigenvalue weighted by Crippen LogP contribution is -2.44. The largest absolute Gasteiger partial charge is 0.440 e. The van der Waals surface area contributed by atoms with Crippen LogP contribution >= 0.6 is 0 Å². The highest BCUT2D eigenvalue weighted by Crippen LogP contribution is 2.30. The van der Waals surface area contributed by atoms with Crippen molar-refractivity contribution in [2.24, 2.45) is 0 Å². The normalized spacial score (nSPS) is 18.2. The second kappa shape index (κ2) is 9.71. The first-order valence-corrected chi connectivity index (χ1v) is 11.5. The summed E-state index contributed by atoms with van der Waals surface area (Å²) >= 11 is 0. The van der Waals surface area contributed by atoms with Gasteiger partial charge in [0.25, 0.3) is 0 Å². The molecule has 0 bridgehead atoms. The number of likely N-dealkylation sites (tertiary alicyclic amines) is 1. The second-order valence-electron chi connectivity index (χ2n) is 8.60. The number of piperidine rings is 1. The predicted molar refractivity (Wildman–Crippen MR) is 122 cm³/mol. The summed E-state index contributed by atoms with van der Waals surface area (Å²) in [5.74, 6) is 1.06. The molecule has 2 aliphatic heterocycles. The average Bonchev–Trinajstić information content (AvgIpc) is 3.28. The first-order valence-electron chi connectivity index (χ1n) is 11.5. The lowest BCUT2D eigenvalue weighted by Gasteiger charge is -2.31. The fourth-order valence-corrected chi connectivity index (χ4v) is 4.56. The molecule has 0 spiro atoms. The van der Waals surface area contributed by atoms with Gasteiger partial charge in [0.05, 0.1) is 13.2 Å². The Hall–Kier alpha value is -2.90. The van der Waals surface area contributed by atoms with Crippen molar-refractivity contribution in [3.63, 3.8) is 0 Å².